The first-order valence-corrected chi connectivity index (χ1v) is 10.9. The van der Waals surface area contributed by atoms with Crippen LogP contribution in [0.3, 0.4) is 0 Å². The smallest absolute Gasteiger partial charge is 0.271 e. The Labute approximate surface area is 158 Å². The second kappa shape index (κ2) is 7.77. The minimum Gasteiger partial charge on any atom is -0.338 e. The van der Waals surface area contributed by atoms with E-state index in [-0.39, 0.29) is 16.2 Å². The number of nitrogens with zero attached hydrogens (tertiary/aromatic N) is 1. The van der Waals surface area contributed by atoms with Gasteiger partial charge in [0.05, 0.1) is 0 Å². The summed E-state index contributed by atoms with van der Waals surface area (Å²) in [5, 5.41) is 1.71. The summed E-state index contributed by atoms with van der Waals surface area (Å²) >= 11 is 1.15. The topological polar surface area (TPSA) is 92.5 Å². The standard InChI is InChI=1S/C18H23N3O3S2/c1-13(19)15-6-3-9-21(12-15)18(22)14-5-2-7-16(11-14)20-26(23,24)17-8-4-10-25-17/h2,4-5,7-8,10-11,13,15,20H,3,6,9,12,19H2,1H3. The summed E-state index contributed by atoms with van der Waals surface area (Å²) in [6.45, 7) is 3.31. The van der Waals surface area contributed by atoms with Gasteiger partial charge in [0.25, 0.3) is 15.9 Å². The Bertz CT molecular complexity index is 864. The molecular formula is C18H23N3O3S2. The highest BCUT2D eigenvalue weighted by molar-refractivity contribution is 7.94. The maximum absolute atomic E-state index is 12.8. The highest BCUT2D eigenvalue weighted by Crippen LogP contribution is 2.23. The van der Waals surface area contributed by atoms with Gasteiger partial charge in [-0.2, -0.15) is 0 Å². The first kappa shape index (κ1) is 18.9. The van der Waals surface area contributed by atoms with Crippen molar-refractivity contribution in [1.82, 2.24) is 4.90 Å². The zero-order valence-electron chi connectivity index (χ0n) is 14.6. The zero-order chi connectivity index (χ0) is 18.7. The van der Waals surface area contributed by atoms with Crippen LogP contribution in [0, 0.1) is 5.92 Å². The molecule has 1 aliphatic heterocycles. The number of carbonyl (C=O) groups is 1. The number of nitrogens with two attached hydrogens (primary N) is 1. The van der Waals surface area contributed by atoms with E-state index in [1.165, 1.54) is 0 Å². The number of nitrogens with one attached hydrogen (secondary N) is 1. The Balaban J connectivity index is 1.76. The van der Waals surface area contributed by atoms with Crippen LogP contribution in [0.5, 0.6) is 0 Å². The number of hydrogen-bond acceptors (Lipinski definition) is 5. The van der Waals surface area contributed by atoms with E-state index in [0.29, 0.717) is 30.3 Å². The van der Waals surface area contributed by atoms with Crippen LogP contribution in [-0.2, 0) is 10.0 Å². The van der Waals surface area contributed by atoms with Gasteiger partial charge in [0.15, 0.2) is 0 Å². The third-order valence-electron chi connectivity index (χ3n) is 4.61. The minimum absolute atomic E-state index is 0.0505. The third-order valence-corrected chi connectivity index (χ3v) is 7.39. The Morgan fingerprint density at radius 2 is 2.15 bits per heavy atom. The highest BCUT2D eigenvalue weighted by Gasteiger charge is 2.26. The number of hydrogen-bond donors (Lipinski definition) is 2. The number of thiophene rings is 1. The molecule has 1 aromatic carbocycles. The van der Waals surface area contributed by atoms with Crippen molar-refractivity contribution < 1.29 is 13.2 Å². The van der Waals surface area contributed by atoms with Crippen molar-refractivity contribution >= 4 is 33.0 Å². The number of sulfonamides is 1. The molecule has 2 atom stereocenters. The lowest BCUT2D eigenvalue weighted by molar-refractivity contribution is 0.0661. The molecule has 8 heteroatoms. The van der Waals surface area contributed by atoms with E-state index < -0.39 is 10.0 Å². The predicted octanol–water partition coefficient (Wildman–Crippen LogP) is 2.75. The molecule has 1 saturated heterocycles. The highest BCUT2D eigenvalue weighted by atomic mass is 32.2. The summed E-state index contributed by atoms with van der Waals surface area (Å²) in [6.07, 6.45) is 1.96. The molecule has 2 unspecified atom stereocenters. The van der Waals surface area contributed by atoms with Gasteiger partial charge in [-0.25, -0.2) is 8.42 Å². The van der Waals surface area contributed by atoms with Gasteiger partial charge in [-0.1, -0.05) is 12.1 Å². The normalized spacial score (nSPS) is 19.2. The Morgan fingerprint density at radius 3 is 2.85 bits per heavy atom. The van der Waals surface area contributed by atoms with E-state index in [9.17, 15) is 13.2 Å². The van der Waals surface area contributed by atoms with Crippen molar-refractivity contribution in [3.63, 3.8) is 0 Å². The van der Waals surface area contributed by atoms with Crippen LogP contribution < -0.4 is 10.5 Å². The fraction of sp³-hybridized carbons (Fsp3) is 0.389. The second-order valence-corrected chi connectivity index (χ2v) is 9.49. The molecular weight excluding hydrogens is 370 g/mol. The van der Waals surface area contributed by atoms with Gasteiger partial charge >= 0.3 is 0 Å². The van der Waals surface area contributed by atoms with Crippen LogP contribution in [0.25, 0.3) is 0 Å². The van der Waals surface area contributed by atoms with Gasteiger partial charge in [0.1, 0.15) is 4.21 Å². The molecule has 3 rings (SSSR count). The summed E-state index contributed by atoms with van der Waals surface area (Å²) in [4.78, 5) is 14.6. The van der Waals surface area contributed by atoms with Gasteiger partial charge in [0, 0.05) is 30.4 Å². The molecule has 1 aliphatic rings. The van der Waals surface area contributed by atoms with E-state index in [4.69, 9.17) is 5.73 Å². The average molecular weight is 394 g/mol. The largest absolute Gasteiger partial charge is 0.338 e. The van der Waals surface area contributed by atoms with Crippen LogP contribution in [0.2, 0.25) is 0 Å². The van der Waals surface area contributed by atoms with E-state index in [1.54, 1.807) is 41.8 Å². The number of piperidine rings is 1. The lowest BCUT2D eigenvalue weighted by atomic mass is 9.92. The Morgan fingerprint density at radius 1 is 1.35 bits per heavy atom. The Hall–Kier alpha value is -1.90. The SMILES string of the molecule is CC(N)C1CCCN(C(=O)c2cccc(NS(=O)(=O)c3cccs3)c2)C1. The van der Waals surface area contributed by atoms with Gasteiger partial charge in [0.2, 0.25) is 0 Å². The fourth-order valence-corrected chi connectivity index (χ4v) is 5.19. The molecule has 0 aliphatic carbocycles. The van der Waals surface area contributed by atoms with Gasteiger partial charge in [-0.3, -0.25) is 9.52 Å². The molecule has 6 nitrogen and oxygen atoms in total. The second-order valence-electron chi connectivity index (χ2n) is 6.63. The molecule has 0 saturated carbocycles. The van der Waals surface area contributed by atoms with Crippen molar-refractivity contribution in [2.75, 3.05) is 17.8 Å². The van der Waals surface area contributed by atoms with Gasteiger partial charge < -0.3 is 10.6 Å². The molecule has 1 aromatic heterocycles. The predicted molar refractivity (Wildman–Crippen MR) is 104 cm³/mol. The first-order valence-electron chi connectivity index (χ1n) is 8.58. The molecule has 1 fully saturated rings. The van der Waals surface area contributed by atoms with E-state index in [0.717, 1.165) is 24.2 Å². The van der Waals surface area contributed by atoms with Crippen molar-refractivity contribution in [2.24, 2.45) is 11.7 Å². The number of anilines is 1. The molecule has 0 bridgehead atoms. The maximum Gasteiger partial charge on any atom is 0.271 e. The maximum atomic E-state index is 12.8. The summed E-state index contributed by atoms with van der Waals surface area (Å²) in [5.41, 5.74) is 6.85. The van der Waals surface area contributed by atoms with Crippen LogP contribution in [0.15, 0.2) is 46.0 Å². The number of amides is 1. The Kier molecular flexibility index (Phi) is 5.64. The number of carbonyl (C=O) groups excluding carboxylic acids is 1. The van der Waals surface area contributed by atoms with Crippen LogP contribution in [0.1, 0.15) is 30.1 Å². The zero-order valence-corrected chi connectivity index (χ0v) is 16.2. The fourth-order valence-electron chi connectivity index (χ4n) is 3.14. The quantitative estimate of drug-likeness (QED) is 0.817. The van der Waals surface area contributed by atoms with Crippen molar-refractivity contribution in [3.05, 3.63) is 47.3 Å². The van der Waals surface area contributed by atoms with Gasteiger partial charge in [-0.05, 0) is 55.3 Å². The van der Waals surface area contributed by atoms with E-state index in [1.807, 2.05) is 11.8 Å². The number of rotatable bonds is 5. The number of likely N-dealkylation sites (tertiary alicyclic amines) is 1. The molecule has 3 N–H and O–H groups in total. The first-order chi connectivity index (χ1) is 12.4. The van der Waals surface area contributed by atoms with Crippen molar-refractivity contribution in [1.29, 1.82) is 0 Å². The third kappa shape index (κ3) is 4.25. The lowest BCUT2D eigenvalue weighted by Gasteiger charge is -2.34. The molecule has 26 heavy (non-hydrogen) atoms. The summed E-state index contributed by atoms with van der Waals surface area (Å²) in [7, 11) is -3.63. The van der Waals surface area contributed by atoms with Crippen LogP contribution >= 0.6 is 11.3 Å². The van der Waals surface area contributed by atoms with E-state index in [2.05, 4.69) is 4.72 Å². The summed E-state index contributed by atoms with van der Waals surface area (Å²) < 4.78 is 27.5. The van der Waals surface area contributed by atoms with Crippen molar-refractivity contribution in [3.8, 4) is 0 Å². The van der Waals surface area contributed by atoms with Crippen molar-refractivity contribution in [2.45, 2.75) is 30.0 Å². The molecule has 1 amide bonds. The molecule has 2 aromatic rings. The van der Waals surface area contributed by atoms with Crippen LogP contribution in [-0.4, -0.2) is 38.4 Å². The lowest BCUT2D eigenvalue weighted by Crippen LogP contribution is -2.45. The monoisotopic (exact) mass is 393 g/mol. The van der Waals surface area contributed by atoms with E-state index >= 15 is 0 Å². The van der Waals surface area contributed by atoms with Crippen LogP contribution in [0.4, 0.5) is 5.69 Å². The summed E-state index contributed by atoms with van der Waals surface area (Å²) in [6, 6.07) is 9.91. The minimum atomic E-state index is -3.63. The summed E-state index contributed by atoms with van der Waals surface area (Å²) in [5.74, 6) is 0.209. The number of benzene rings is 1. The molecule has 2 heterocycles. The molecule has 140 valence electrons. The average Bonchev–Trinajstić information content (AvgIpc) is 3.17. The van der Waals surface area contributed by atoms with Gasteiger partial charge in [-0.15, -0.1) is 11.3 Å². The molecule has 0 spiro atoms. The molecule has 0 radical (unpaired) electrons.